The molecule has 168 valence electrons. The summed E-state index contributed by atoms with van der Waals surface area (Å²) in [6, 6.07) is 9.82. The third-order valence-corrected chi connectivity index (χ3v) is 6.17. The Morgan fingerprint density at radius 1 is 1.18 bits per heavy atom. The Balaban J connectivity index is 1.40. The number of aromatic nitrogens is 5. The third-order valence-electron chi connectivity index (χ3n) is 6.17. The van der Waals surface area contributed by atoms with E-state index in [4.69, 9.17) is 16.4 Å². The molecule has 5 rings (SSSR count). The Morgan fingerprint density at radius 2 is 2.03 bits per heavy atom. The standard InChI is InChI=1S/C25H27N7O/c1-4-27-24-13-23-22(15-28-24)25(17-14-29-31(3)16-17)30-32(23)19-8-10-20(11-9-19)33-21-7-5-6-18(12-21)26-2/h5-7,12-16,19-20H,4,8-11H2,1,3H3,(H,27,28). The van der Waals surface area contributed by atoms with Crippen LogP contribution in [0.4, 0.5) is 11.5 Å². The number of nitrogens with one attached hydrogen (secondary N) is 1. The molecule has 0 spiro atoms. The first kappa shape index (κ1) is 21.0. The normalized spacial score (nSPS) is 18.2. The number of hydrogen-bond acceptors (Lipinski definition) is 5. The van der Waals surface area contributed by atoms with Crippen molar-refractivity contribution in [2.24, 2.45) is 7.05 Å². The van der Waals surface area contributed by atoms with Gasteiger partial charge in [-0.25, -0.2) is 9.83 Å². The number of hydrogen-bond donors (Lipinski definition) is 1. The summed E-state index contributed by atoms with van der Waals surface area (Å²) in [6.07, 6.45) is 9.77. The monoisotopic (exact) mass is 441 g/mol. The van der Waals surface area contributed by atoms with Crippen LogP contribution in [-0.2, 0) is 7.05 Å². The van der Waals surface area contributed by atoms with Crippen LogP contribution >= 0.6 is 0 Å². The van der Waals surface area contributed by atoms with Crippen molar-refractivity contribution in [1.29, 1.82) is 0 Å². The summed E-state index contributed by atoms with van der Waals surface area (Å²) in [5.74, 6) is 1.64. The van der Waals surface area contributed by atoms with Crippen LogP contribution in [0.5, 0.6) is 5.75 Å². The van der Waals surface area contributed by atoms with Crippen LogP contribution in [0.15, 0.2) is 48.9 Å². The van der Waals surface area contributed by atoms with E-state index in [0.29, 0.717) is 11.7 Å². The first-order valence-corrected chi connectivity index (χ1v) is 11.4. The summed E-state index contributed by atoms with van der Waals surface area (Å²) < 4.78 is 10.2. The van der Waals surface area contributed by atoms with Crippen LogP contribution < -0.4 is 10.1 Å². The highest BCUT2D eigenvalue weighted by Gasteiger charge is 2.27. The molecule has 0 radical (unpaired) electrons. The highest BCUT2D eigenvalue weighted by molar-refractivity contribution is 5.93. The van der Waals surface area contributed by atoms with Crippen molar-refractivity contribution in [3.63, 3.8) is 0 Å². The Bertz CT molecular complexity index is 1310. The molecule has 1 N–H and O–H groups in total. The molecule has 3 heterocycles. The second-order valence-corrected chi connectivity index (χ2v) is 8.47. The summed E-state index contributed by atoms with van der Waals surface area (Å²) in [5.41, 5.74) is 3.62. The van der Waals surface area contributed by atoms with Gasteiger partial charge in [-0.3, -0.25) is 9.36 Å². The predicted molar refractivity (Wildman–Crippen MR) is 129 cm³/mol. The Kier molecular flexibility index (Phi) is 5.69. The topological polar surface area (TPSA) is 74.1 Å². The van der Waals surface area contributed by atoms with E-state index < -0.39 is 0 Å². The van der Waals surface area contributed by atoms with Crippen LogP contribution in [-0.4, -0.2) is 37.2 Å². The minimum absolute atomic E-state index is 0.154. The molecule has 33 heavy (non-hydrogen) atoms. The zero-order chi connectivity index (χ0) is 22.8. The Morgan fingerprint density at radius 3 is 2.76 bits per heavy atom. The summed E-state index contributed by atoms with van der Waals surface area (Å²) >= 11 is 0. The fraction of sp³-hybridized carbons (Fsp3) is 0.360. The highest BCUT2D eigenvalue weighted by atomic mass is 16.5. The number of anilines is 1. The number of nitrogens with zero attached hydrogens (tertiary/aromatic N) is 6. The molecule has 1 aliphatic rings. The molecular weight excluding hydrogens is 414 g/mol. The number of rotatable bonds is 6. The summed E-state index contributed by atoms with van der Waals surface area (Å²) in [4.78, 5) is 8.08. The van der Waals surface area contributed by atoms with Crippen molar-refractivity contribution in [3.05, 3.63) is 60.3 Å². The lowest BCUT2D eigenvalue weighted by Gasteiger charge is -2.29. The van der Waals surface area contributed by atoms with Gasteiger partial charge in [0.2, 0.25) is 0 Å². The Labute approximate surface area is 193 Å². The average Bonchev–Trinajstić information content (AvgIpc) is 3.43. The van der Waals surface area contributed by atoms with Gasteiger partial charge in [0.15, 0.2) is 5.69 Å². The number of benzene rings is 1. The van der Waals surface area contributed by atoms with E-state index in [1.807, 2.05) is 43.8 Å². The molecule has 8 nitrogen and oxygen atoms in total. The fourth-order valence-corrected chi connectivity index (χ4v) is 4.57. The largest absolute Gasteiger partial charge is 0.492 e. The van der Waals surface area contributed by atoms with Crippen LogP contribution in [0.3, 0.4) is 0 Å². The molecule has 3 aromatic heterocycles. The molecular formula is C25H27N7O. The molecule has 1 fully saturated rings. The second kappa shape index (κ2) is 8.94. The maximum Gasteiger partial charge on any atom is 0.190 e. The molecule has 1 saturated carbocycles. The van der Waals surface area contributed by atoms with Crippen LogP contribution in [0.25, 0.3) is 27.0 Å². The van der Waals surface area contributed by atoms with Crippen molar-refractivity contribution in [2.75, 3.05) is 11.9 Å². The van der Waals surface area contributed by atoms with E-state index in [1.165, 1.54) is 0 Å². The lowest BCUT2D eigenvalue weighted by atomic mass is 9.93. The molecule has 0 amide bonds. The van der Waals surface area contributed by atoms with Gasteiger partial charge in [-0.2, -0.15) is 10.2 Å². The van der Waals surface area contributed by atoms with Gasteiger partial charge >= 0.3 is 0 Å². The smallest absolute Gasteiger partial charge is 0.190 e. The second-order valence-electron chi connectivity index (χ2n) is 8.47. The van der Waals surface area contributed by atoms with Gasteiger partial charge in [0.1, 0.15) is 17.3 Å². The minimum Gasteiger partial charge on any atom is -0.492 e. The van der Waals surface area contributed by atoms with E-state index >= 15 is 0 Å². The summed E-state index contributed by atoms with van der Waals surface area (Å²) in [6.45, 7) is 10.1. The van der Waals surface area contributed by atoms with E-state index in [-0.39, 0.29) is 6.10 Å². The number of pyridine rings is 1. The first-order chi connectivity index (χ1) is 16.1. The van der Waals surface area contributed by atoms with Gasteiger partial charge in [-0.1, -0.05) is 12.1 Å². The zero-order valence-corrected chi connectivity index (χ0v) is 18.9. The van der Waals surface area contributed by atoms with Crippen molar-refractivity contribution >= 4 is 22.4 Å². The molecule has 0 bridgehead atoms. The van der Waals surface area contributed by atoms with Crippen molar-refractivity contribution in [1.82, 2.24) is 24.5 Å². The Hall–Kier alpha value is -3.86. The number of fused-ring (bicyclic) bond motifs is 1. The lowest BCUT2D eigenvalue weighted by molar-refractivity contribution is 0.131. The quantitative estimate of drug-likeness (QED) is 0.407. The molecule has 4 aromatic rings. The predicted octanol–water partition coefficient (Wildman–Crippen LogP) is 5.38. The highest BCUT2D eigenvalue weighted by Crippen LogP contribution is 2.36. The first-order valence-electron chi connectivity index (χ1n) is 11.4. The molecule has 0 saturated heterocycles. The van der Waals surface area contributed by atoms with Crippen LogP contribution in [0.1, 0.15) is 38.6 Å². The molecule has 8 heteroatoms. The maximum atomic E-state index is 7.20. The van der Waals surface area contributed by atoms with Crippen molar-refractivity contribution in [3.8, 4) is 17.0 Å². The minimum atomic E-state index is 0.154. The van der Waals surface area contributed by atoms with Gasteiger partial charge in [0.05, 0.1) is 30.4 Å². The van der Waals surface area contributed by atoms with Crippen molar-refractivity contribution < 1.29 is 4.74 Å². The van der Waals surface area contributed by atoms with Gasteiger partial charge in [-0.15, -0.1) is 0 Å². The van der Waals surface area contributed by atoms with E-state index in [1.54, 1.807) is 10.7 Å². The zero-order valence-electron chi connectivity index (χ0n) is 18.9. The maximum absolute atomic E-state index is 7.20. The molecule has 1 aliphatic carbocycles. The SMILES string of the molecule is [C-]#[N+]c1cccc(OC2CCC(n3nc(-c4cnn(C)c4)c4cnc(NCC)cc43)CC2)c1. The number of aryl methyl sites for hydroxylation is 1. The fourth-order valence-electron chi connectivity index (χ4n) is 4.57. The van der Waals surface area contributed by atoms with Gasteiger partial charge in [0, 0.05) is 43.0 Å². The molecule has 0 unspecified atom stereocenters. The molecule has 0 atom stereocenters. The van der Waals surface area contributed by atoms with E-state index in [2.05, 4.69) is 37.9 Å². The third kappa shape index (κ3) is 4.27. The average molecular weight is 442 g/mol. The summed E-state index contributed by atoms with van der Waals surface area (Å²) in [7, 11) is 1.92. The van der Waals surface area contributed by atoms with Gasteiger partial charge in [0.25, 0.3) is 0 Å². The lowest BCUT2D eigenvalue weighted by Crippen LogP contribution is -2.26. The van der Waals surface area contributed by atoms with Gasteiger partial charge < -0.3 is 10.1 Å². The molecule has 0 aliphatic heterocycles. The van der Waals surface area contributed by atoms with E-state index in [9.17, 15) is 0 Å². The number of ether oxygens (including phenoxy) is 1. The van der Waals surface area contributed by atoms with Crippen LogP contribution in [0, 0.1) is 6.57 Å². The van der Waals surface area contributed by atoms with E-state index in [0.717, 1.165) is 66.0 Å². The molecule has 1 aromatic carbocycles. The van der Waals surface area contributed by atoms with Gasteiger partial charge in [-0.05, 0) is 44.7 Å². The van der Waals surface area contributed by atoms with Crippen LogP contribution in [0.2, 0.25) is 0 Å². The summed E-state index contributed by atoms with van der Waals surface area (Å²) in [5, 5.41) is 13.7. The van der Waals surface area contributed by atoms with Crippen molar-refractivity contribution in [2.45, 2.75) is 44.8 Å².